The molecular formula is C19H14BrN3O2. The number of nitrogens with zero attached hydrogens (tertiary/aromatic N) is 3. The number of aromatic carboxylic acids is 1. The van der Waals surface area contributed by atoms with Crippen molar-refractivity contribution in [1.82, 2.24) is 14.5 Å². The SMILES string of the molecule is Cc1nc2ccc(C(=O)O)nc2n1Cc1ccc2ccccc2c1Br. The minimum Gasteiger partial charge on any atom is -0.477 e. The molecule has 0 aliphatic carbocycles. The third kappa shape index (κ3) is 2.68. The molecule has 0 fully saturated rings. The summed E-state index contributed by atoms with van der Waals surface area (Å²) in [6.45, 7) is 2.46. The molecule has 2 aromatic heterocycles. The van der Waals surface area contributed by atoms with Crippen molar-refractivity contribution < 1.29 is 9.90 Å². The predicted molar refractivity (Wildman–Crippen MR) is 100.0 cm³/mol. The van der Waals surface area contributed by atoms with E-state index < -0.39 is 5.97 Å². The second-order valence-electron chi connectivity index (χ2n) is 5.85. The Kier molecular flexibility index (Phi) is 3.77. The van der Waals surface area contributed by atoms with Crippen LogP contribution in [0, 0.1) is 6.92 Å². The number of fused-ring (bicyclic) bond motifs is 2. The maximum absolute atomic E-state index is 11.2. The molecule has 0 amide bonds. The summed E-state index contributed by atoms with van der Waals surface area (Å²) in [5.41, 5.74) is 2.38. The highest BCUT2D eigenvalue weighted by Crippen LogP contribution is 2.29. The monoisotopic (exact) mass is 395 g/mol. The first-order chi connectivity index (χ1) is 12.0. The highest BCUT2D eigenvalue weighted by molar-refractivity contribution is 9.10. The number of hydrogen-bond acceptors (Lipinski definition) is 3. The van der Waals surface area contributed by atoms with Gasteiger partial charge in [0.1, 0.15) is 11.3 Å². The third-order valence-corrected chi connectivity index (χ3v) is 5.21. The Bertz CT molecular complexity index is 1130. The minimum absolute atomic E-state index is 0.0197. The number of carbonyl (C=O) groups is 1. The maximum atomic E-state index is 11.2. The number of pyridine rings is 1. The van der Waals surface area contributed by atoms with E-state index in [1.165, 1.54) is 6.07 Å². The molecule has 0 saturated carbocycles. The van der Waals surface area contributed by atoms with E-state index in [2.05, 4.69) is 50.2 Å². The Morgan fingerprint density at radius 3 is 2.72 bits per heavy atom. The molecule has 124 valence electrons. The fourth-order valence-electron chi connectivity index (χ4n) is 2.99. The van der Waals surface area contributed by atoms with E-state index in [1.54, 1.807) is 6.07 Å². The zero-order valence-corrected chi connectivity index (χ0v) is 15.0. The summed E-state index contributed by atoms with van der Waals surface area (Å²) in [7, 11) is 0. The minimum atomic E-state index is -1.04. The number of aryl methyl sites for hydroxylation is 1. The first kappa shape index (κ1) is 15.8. The first-order valence-corrected chi connectivity index (χ1v) is 8.57. The van der Waals surface area contributed by atoms with Crippen molar-refractivity contribution in [2.75, 3.05) is 0 Å². The average molecular weight is 396 g/mol. The van der Waals surface area contributed by atoms with Crippen LogP contribution >= 0.6 is 15.9 Å². The van der Waals surface area contributed by atoms with Crippen molar-refractivity contribution in [3.05, 3.63) is 70.1 Å². The molecule has 0 saturated heterocycles. The van der Waals surface area contributed by atoms with E-state index in [4.69, 9.17) is 0 Å². The van der Waals surface area contributed by atoms with Crippen LogP contribution in [0.15, 0.2) is 53.0 Å². The zero-order chi connectivity index (χ0) is 17.6. The van der Waals surface area contributed by atoms with Gasteiger partial charge < -0.3 is 9.67 Å². The summed E-state index contributed by atoms with van der Waals surface area (Å²) in [6, 6.07) is 15.5. The van der Waals surface area contributed by atoms with Crippen LogP contribution in [0.5, 0.6) is 0 Å². The molecular weight excluding hydrogens is 382 g/mol. The molecule has 1 N–H and O–H groups in total. The first-order valence-electron chi connectivity index (χ1n) is 7.78. The number of benzene rings is 2. The number of carboxylic acids is 1. The van der Waals surface area contributed by atoms with Gasteiger partial charge in [0.15, 0.2) is 11.3 Å². The van der Waals surface area contributed by atoms with E-state index in [9.17, 15) is 9.90 Å². The molecule has 0 atom stereocenters. The Hall–Kier alpha value is -2.73. The van der Waals surface area contributed by atoms with Gasteiger partial charge in [0.2, 0.25) is 0 Å². The molecule has 2 aromatic carbocycles. The molecule has 4 aromatic rings. The quantitative estimate of drug-likeness (QED) is 0.557. The van der Waals surface area contributed by atoms with E-state index >= 15 is 0 Å². The Labute approximate surface area is 152 Å². The van der Waals surface area contributed by atoms with Crippen molar-refractivity contribution in [1.29, 1.82) is 0 Å². The van der Waals surface area contributed by atoms with Crippen LogP contribution in [0.25, 0.3) is 21.9 Å². The van der Waals surface area contributed by atoms with Crippen LogP contribution in [0.4, 0.5) is 0 Å². The molecule has 0 unspecified atom stereocenters. The molecule has 0 aliphatic rings. The summed E-state index contributed by atoms with van der Waals surface area (Å²) in [5.74, 6) is -0.246. The fraction of sp³-hybridized carbons (Fsp3) is 0.105. The highest BCUT2D eigenvalue weighted by atomic mass is 79.9. The molecule has 0 radical (unpaired) electrons. The molecule has 0 bridgehead atoms. The van der Waals surface area contributed by atoms with Gasteiger partial charge in [0.05, 0.1) is 6.54 Å². The van der Waals surface area contributed by atoms with Crippen molar-refractivity contribution in [2.24, 2.45) is 0 Å². The largest absolute Gasteiger partial charge is 0.477 e. The van der Waals surface area contributed by atoms with Crippen molar-refractivity contribution in [3.63, 3.8) is 0 Å². The fourth-order valence-corrected chi connectivity index (χ4v) is 3.61. The Morgan fingerprint density at radius 1 is 1.12 bits per heavy atom. The van der Waals surface area contributed by atoms with Gasteiger partial charge in [-0.1, -0.05) is 36.4 Å². The molecule has 2 heterocycles. The standard InChI is InChI=1S/C19H14BrN3O2/c1-11-21-15-8-9-16(19(24)25)22-18(15)23(11)10-13-7-6-12-4-2-3-5-14(12)17(13)20/h2-9H,10H2,1H3,(H,24,25). The number of aromatic nitrogens is 3. The second-order valence-corrected chi connectivity index (χ2v) is 6.64. The third-order valence-electron chi connectivity index (χ3n) is 4.27. The van der Waals surface area contributed by atoms with Gasteiger partial charge in [-0.25, -0.2) is 14.8 Å². The Balaban J connectivity index is 1.85. The zero-order valence-electron chi connectivity index (χ0n) is 13.4. The summed E-state index contributed by atoms with van der Waals surface area (Å²) in [6.07, 6.45) is 0. The van der Waals surface area contributed by atoms with E-state index in [0.717, 1.165) is 26.6 Å². The van der Waals surface area contributed by atoms with Gasteiger partial charge in [-0.3, -0.25) is 0 Å². The average Bonchev–Trinajstić information content (AvgIpc) is 2.92. The summed E-state index contributed by atoms with van der Waals surface area (Å²) in [4.78, 5) is 20.0. The van der Waals surface area contributed by atoms with Crippen LogP contribution in [0.1, 0.15) is 21.9 Å². The normalized spacial score (nSPS) is 11.3. The van der Waals surface area contributed by atoms with Gasteiger partial charge in [-0.2, -0.15) is 0 Å². The number of hydrogen-bond donors (Lipinski definition) is 1. The smallest absolute Gasteiger partial charge is 0.354 e. The molecule has 25 heavy (non-hydrogen) atoms. The molecule has 0 aliphatic heterocycles. The predicted octanol–water partition coefficient (Wildman–Crippen LogP) is 4.40. The molecule has 6 heteroatoms. The highest BCUT2D eigenvalue weighted by Gasteiger charge is 2.14. The van der Waals surface area contributed by atoms with E-state index in [-0.39, 0.29) is 5.69 Å². The number of imidazole rings is 1. The van der Waals surface area contributed by atoms with Gasteiger partial charge >= 0.3 is 5.97 Å². The van der Waals surface area contributed by atoms with E-state index in [0.29, 0.717) is 17.7 Å². The van der Waals surface area contributed by atoms with Crippen LogP contribution in [-0.2, 0) is 6.54 Å². The van der Waals surface area contributed by atoms with Crippen LogP contribution < -0.4 is 0 Å². The molecule has 0 spiro atoms. The lowest BCUT2D eigenvalue weighted by atomic mass is 10.1. The number of rotatable bonds is 3. The van der Waals surface area contributed by atoms with Crippen LogP contribution in [-0.4, -0.2) is 25.6 Å². The van der Waals surface area contributed by atoms with E-state index in [1.807, 2.05) is 23.6 Å². The van der Waals surface area contributed by atoms with Crippen molar-refractivity contribution in [2.45, 2.75) is 13.5 Å². The second kappa shape index (κ2) is 5.97. The Morgan fingerprint density at radius 2 is 1.92 bits per heavy atom. The summed E-state index contributed by atoms with van der Waals surface area (Å²) in [5, 5.41) is 11.5. The number of carboxylic acid groups (broad SMARTS) is 1. The van der Waals surface area contributed by atoms with Gasteiger partial charge in [-0.05, 0) is 51.3 Å². The van der Waals surface area contributed by atoms with Gasteiger partial charge in [0.25, 0.3) is 0 Å². The molecule has 4 rings (SSSR count). The van der Waals surface area contributed by atoms with Gasteiger partial charge in [-0.15, -0.1) is 0 Å². The lowest BCUT2D eigenvalue weighted by Gasteiger charge is -2.11. The maximum Gasteiger partial charge on any atom is 0.354 e. The van der Waals surface area contributed by atoms with Crippen molar-refractivity contribution >= 4 is 43.8 Å². The summed E-state index contributed by atoms with van der Waals surface area (Å²) < 4.78 is 2.97. The number of halogens is 1. The molecule has 5 nitrogen and oxygen atoms in total. The van der Waals surface area contributed by atoms with Crippen molar-refractivity contribution in [3.8, 4) is 0 Å². The van der Waals surface area contributed by atoms with Crippen LogP contribution in [0.3, 0.4) is 0 Å². The van der Waals surface area contributed by atoms with Gasteiger partial charge in [0, 0.05) is 4.47 Å². The topological polar surface area (TPSA) is 68.0 Å². The van der Waals surface area contributed by atoms with Crippen LogP contribution in [0.2, 0.25) is 0 Å². The lowest BCUT2D eigenvalue weighted by molar-refractivity contribution is 0.0691. The summed E-state index contributed by atoms with van der Waals surface area (Å²) >= 11 is 3.71. The lowest BCUT2D eigenvalue weighted by Crippen LogP contribution is -2.06.